The van der Waals surface area contributed by atoms with E-state index in [2.05, 4.69) is 28.1 Å². The van der Waals surface area contributed by atoms with Gasteiger partial charge in [-0.2, -0.15) is 8.62 Å². The van der Waals surface area contributed by atoms with E-state index in [1.54, 1.807) is 0 Å². The Kier molecular flexibility index (Phi) is 9.04. The summed E-state index contributed by atoms with van der Waals surface area (Å²) in [5, 5.41) is 21.7. The van der Waals surface area contributed by atoms with Gasteiger partial charge in [0.05, 0.1) is 12.9 Å². The molecule has 0 bridgehead atoms. The highest BCUT2D eigenvalue weighted by Crippen LogP contribution is 2.66. The molecule has 38 heavy (non-hydrogen) atoms. The lowest BCUT2D eigenvalue weighted by Gasteiger charge is -2.20. The maximum atomic E-state index is 12.0. The molecule has 4 rings (SSSR count). The third kappa shape index (κ3) is 7.38. The summed E-state index contributed by atoms with van der Waals surface area (Å²) in [5.74, 6) is 0.101. The highest BCUT2D eigenvalue weighted by atomic mass is 32.2. The number of rotatable bonds is 10. The number of anilines is 1. The van der Waals surface area contributed by atoms with Gasteiger partial charge >= 0.3 is 23.5 Å². The van der Waals surface area contributed by atoms with Gasteiger partial charge in [0.15, 0.2) is 22.8 Å². The third-order valence-electron chi connectivity index (χ3n) is 5.68. The summed E-state index contributed by atoms with van der Waals surface area (Å²) in [6.45, 7) is -0.953. The van der Waals surface area contributed by atoms with Crippen LogP contribution >= 0.6 is 35.2 Å². The summed E-state index contributed by atoms with van der Waals surface area (Å²) in [4.78, 5) is 49.0. The molecule has 8 N–H and O–H groups in total. The van der Waals surface area contributed by atoms with Gasteiger partial charge in [0.1, 0.15) is 23.8 Å². The van der Waals surface area contributed by atoms with Crippen molar-refractivity contribution in [2.75, 3.05) is 12.3 Å². The monoisotopic (exact) mass is 621 g/mol. The minimum Gasteiger partial charge on any atom is -0.387 e. The molecule has 1 saturated carbocycles. The molecule has 2 aliphatic rings. The minimum atomic E-state index is -5.72. The van der Waals surface area contributed by atoms with Crippen LogP contribution in [0.1, 0.15) is 38.3 Å². The van der Waals surface area contributed by atoms with E-state index >= 15 is 0 Å². The van der Waals surface area contributed by atoms with Crippen LogP contribution in [-0.2, 0) is 31.6 Å². The molecule has 18 nitrogen and oxygen atoms in total. The Labute approximate surface area is 219 Å². The molecule has 2 aromatic rings. The Hall–Kier alpha value is -1.01. The molecule has 6 atom stereocenters. The van der Waals surface area contributed by atoms with Crippen LogP contribution in [0.3, 0.4) is 0 Å². The summed E-state index contributed by atoms with van der Waals surface area (Å²) < 4.78 is 52.9. The standard InChI is InChI=1S/C16H26N5O13P3S/c17-13-10-14(20-16(19-13)38-8-4-2-1-3-5-8)21(7-18-10)15-12(23)11(22)9(32-15)6-31-36(27,28)34-37(29,30)33-35(24,25)26/h7-9,11-12,15,22-23H,1-6H2,(H,27,28)(H,29,30)(H2,17,19,20)(H2,24,25,26)/t9-,11-,12-,15?/m1/s1. The zero-order chi connectivity index (χ0) is 27.9. The number of hydrogen-bond acceptors (Lipinski definition) is 14. The van der Waals surface area contributed by atoms with Gasteiger partial charge in [0.2, 0.25) is 0 Å². The fourth-order valence-corrected chi connectivity index (χ4v) is 8.24. The van der Waals surface area contributed by atoms with E-state index in [-0.39, 0.29) is 17.0 Å². The number of fused-ring (bicyclic) bond motifs is 1. The molecule has 0 radical (unpaired) electrons. The number of nitrogens with zero attached hydrogens (tertiary/aromatic N) is 4. The third-order valence-corrected chi connectivity index (χ3v) is 10.7. The number of hydrogen-bond donors (Lipinski definition) is 7. The van der Waals surface area contributed by atoms with Gasteiger partial charge in [-0.3, -0.25) is 9.09 Å². The van der Waals surface area contributed by atoms with Crippen LogP contribution in [0.25, 0.3) is 11.2 Å². The van der Waals surface area contributed by atoms with E-state index in [9.17, 15) is 33.7 Å². The van der Waals surface area contributed by atoms with Crippen molar-refractivity contribution in [1.82, 2.24) is 19.5 Å². The van der Waals surface area contributed by atoms with Crippen molar-refractivity contribution in [2.24, 2.45) is 0 Å². The Morgan fingerprint density at radius 3 is 2.37 bits per heavy atom. The molecule has 1 aliphatic heterocycles. The van der Waals surface area contributed by atoms with Crippen molar-refractivity contribution in [3.63, 3.8) is 0 Å². The smallest absolute Gasteiger partial charge is 0.387 e. The predicted molar refractivity (Wildman–Crippen MR) is 128 cm³/mol. The van der Waals surface area contributed by atoms with Crippen molar-refractivity contribution in [3.05, 3.63) is 6.33 Å². The highest BCUT2D eigenvalue weighted by Gasteiger charge is 2.47. The maximum absolute atomic E-state index is 12.0. The highest BCUT2D eigenvalue weighted by molar-refractivity contribution is 7.99. The Morgan fingerprint density at radius 1 is 1.03 bits per heavy atom. The molecule has 2 fully saturated rings. The van der Waals surface area contributed by atoms with Crippen molar-refractivity contribution in [2.45, 2.75) is 67.1 Å². The number of aliphatic hydroxyl groups is 2. The molecule has 2 aromatic heterocycles. The second-order valence-corrected chi connectivity index (χ2v) is 14.2. The normalized spacial score (nSPS) is 28.4. The first kappa shape index (κ1) is 30.0. The number of imidazole rings is 1. The zero-order valence-electron chi connectivity index (χ0n) is 19.4. The average molecular weight is 621 g/mol. The van der Waals surface area contributed by atoms with Crippen LogP contribution in [0, 0.1) is 0 Å². The number of aliphatic hydroxyl groups excluding tert-OH is 2. The van der Waals surface area contributed by atoms with Crippen LogP contribution in [0.4, 0.5) is 5.82 Å². The van der Waals surface area contributed by atoms with Gasteiger partial charge in [-0.15, -0.1) is 0 Å². The van der Waals surface area contributed by atoms with Gasteiger partial charge in [0.25, 0.3) is 0 Å². The molecule has 0 amide bonds. The van der Waals surface area contributed by atoms with Gasteiger partial charge < -0.3 is 40.3 Å². The fourth-order valence-electron chi connectivity index (χ4n) is 4.06. The molecule has 3 heterocycles. The van der Waals surface area contributed by atoms with Crippen LogP contribution < -0.4 is 5.73 Å². The number of nitrogens with two attached hydrogens (primary N) is 1. The number of aromatic nitrogens is 4. The lowest BCUT2D eigenvalue weighted by atomic mass is 10.0. The molecule has 214 valence electrons. The van der Waals surface area contributed by atoms with E-state index in [1.807, 2.05) is 0 Å². The van der Waals surface area contributed by atoms with Crippen LogP contribution in [-0.4, -0.2) is 79.5 Å². The summed E-state index contributed by atoms with van der Waals surface area (Å²) in [5.41, 5.74) is 6.49. The van der Waals surface area contributed by atoms with Crippen LogP contribution in [0.15, 0.2) is 11.5 Å². The second kappa shape index (κ2) is 11.5. The van der Waals surface area contributed by atoms with E-state index in [4.69, 9.17) is 20.3 Å². The maximum Gasteiger partial charge on any atom is 0.490 e. The lowest BCUT2D eigenvalue weighted by molar-refractivity contribution is -0.0503. The summed E-state index contributed by atoms with van der Waals surface area (Å²) >= 11 is 1.48. The Bertz CT molecular complexity index is 1300. The zero-order valence-corrected chi connectivity index (χ0v) is 22.9. The summed E-state index contributed by atoms with van der Waals surface area (Å²) in [6.07, 6.45) is 0.624. The molecule has 1 aliphatic carbocycles. The lowest BCUT2D eigenvalue weighted by Crippen LogP contribution is -2.33. The molecular weight excluding hydrogens is 595 g/mol. The quantitative estimate of drug-likeness (QED) is 0.143. The Morgan fingerprint density at radius 2 is 1.71 bits per heavy atom. The summed E-state index contributed by atoms with van der Waals surface area (Å²) in [6, 6.07) is 0. The number of phosphoric acid groups is 3. The van der Waals surface area contributed by atoms with Crippen molar-refractivity contribution < 1.29 is 61.4 Å². The molecule has 3 unspecified atom stereocenters. The fraction of sp³-hybridized carbons (Fsp3) is 0.688. The Balaban J connectivity index is 1.47. The van der Waals surface area contributed by atoms with E-state index in [1.165, 1.54) is 29.1 Å². The summed E-state index contributed by atoms with van der Waals surface area (Å²) in [7, 11) is -16.7. The topological polar surface area (TPSA) is 279 Å². The van der Waals surface area contributed by atoms with Crippen molar-refractivity contribution >= 4 is 52.2 Å². The SMILES string of the molecule is Nc1nc(SC2CCCCC2)nc2c1ncn2C1O[C@H](COP(=O)(O)OP(=O)(O)OP(=O)(O)O)[C@@H](O)[C@H]1O. The van der Waals surface area contributed by atoms with Crippen LogP contribution in [0.2, 0.25) is 0 Å². The van der Waals surface area contributed by atoms with Gasteiger partial charge in [-0.25, -0.2) is 28.6 Å². The average Bonchev–Trinajstić information content (AvgIpc) is 3.32. The first-order valence-electron chi connectivity index (χ1n) is 11.1. The van der Waals surface area contributed by atoms with Crippen molar-refractivity contribution in [3.8, 4) is 0 Å². The molecule has 0 spiro atoms. The first-order valence-corrected chi connectivity index (χ1v) is 16.5. The number of ether oxygens (including phenoxy) is 1. The molecule has 22 heteroatoms. The minimum absolute atomic E-state index is 0.101. The number of thioether (sulfide) groups is 1. The number of nitrogen functional groups attached to an aromatic ring is 1. The van der Waals surface area contributed by atoms with E-state index in [0.29, 0.717) is 10.4 Å². The largest absolute Gasteiger partial charge is 0.490 e. The first-order chi connectivity index (χ1) is 17.6. The molecule has 0 aromatic carbocycles. The van der Waals surface area contributed by atoms with Crippen molar-refractivity contribution in [1.29, 1.82) is 0 Å². The van der Waals surface area contributed by atoms with Gasteiger partial charge in [0, 0.05) is 5.25 Å². The van der Waals surface area contributed by atoms with E-state index in [0.717, 1.165) is 25.7 Å². The number of phosphoric ester groups is 1. The van der Waals surface area contributed by atoms with E-state index < -0.39 is 54.6 Å². The van der Waals surface area contributed by atoms with Crippen LogP contribution in [0.5, 0.6) is 0 Å². The second-order valence-electron chi connectivity index (χ2n) is 8.53. The molecule has 1 saturated heterocycles. The molecular formula is C16H26N5O13P3S. The van der Waals surface area contributed by atoms with Gasteiger partial charge in [-0.1, -0.05) is 31.0 Å². The van der Waals surface area contributed by atoms with Gasteiger partial charge in [-0.05, 0) is 12.8 Å². The predicted octanol–water partition coefficient (Wildman–Crippen LogP) is 0.796.